The smallest absolute Gasteiger partial charge is 0.326 e. The zero-order valence-corrected chi connectivity index (χ0v) is 17.0. The number of amides is 1. The number of aromatic amines is 1. The van der Waals surface area contributed by atoms with Crippen molar-refractivity contribution in [2.75, 3.05) is 0 Å². The van der Waals surface area contributed by atoms with Crippen LogP contribution in [0.1, 0.15) is 39.2 Å². The quantitative estimate of drug-likeness (QED) is 0.448. The van der Waals surface area contributed by atoms with E-state index in [2.05, 4.69) is 10.3 Å². The lowest BCUT2D eigenvalue weighted by Crippen LogP contribution is -2.43. The fraction of sp³-hybridized carbons (Fsp3) is 0.476. The van der Waals surface area contributed by atoms with Gasteiger partial charge in [0.1, 0.15) is 18.2 Å². The van der Waals surface area contributed by atoms with Crippen LogP contribution in [0.25, 0.3) is 10.9 Å². The molecule has 0 bridgehead atoms. The Balaban J connectivity index is 1.89. The minimum Gasteiger partial charge on any atom is -0.480 e. The number of H-pyrrole nitrogens is 1. The Morgan fingerprint density at radius 3 is 2.55 bits per heavy atom. The predicted octanol–water partition coefficient (Wildman–Crippen LogP) is 1.98. The van der Waals surface area contributed by atoms with Gasteiger partial charge in [-0.25, -0.2) is 4.79 Å². The summed E-state index contributed by atoms with van der Waals surface area (Å²) in [6.07, 6.45) is 1.63. The van der Waals surface area contributed by atoms with Crippen molar-refractivity contribution in [3.05, 3.63) is 36.0 Å². The third-order valence-corrected chi connectivity index (χ3v) is 4.96. The van der Waals surface area contributed by atoms with Gasteiger partial charge < -0.3 is 25.9 Å². The summed E-state index contributed by atoms with van der Waals surface area (Å²) in [6.45, 7) is 5.64. The number of aromatic nitrogens is 1. The van der Waals surface area contributed by atoms with Crippen LogP contribution in [-0.4, -0.2) is 46.1 Å². The van der Waals surface area contributed by atoms with Gasteiger partial charge in [0.2, 0.25) is 5.91 Å². The Labute approximate surface area is 169 Å². The molecule has 1 aromatic carbocycles. The summed E-state index contributed by atoms with van der Waals surface area (Å²) in [4.78, 5) is 38.9. The van der Waals surface area contributed by atoms with E-state index in [4.69, 9.17) is 10.5 Å². The standard InChI is InChI=1S/C21H29N3O5/c1-12(2)13(3)29-21(28)16(22)8-9-19(25)24-18(20(26)27)10-14-11-23-17-7-5-4-6-15(14)17/h4-7,11-13,16,18,23H,8-10,22H2,1-3H3,(H,24,25)(H,26,27)/t13?,16-,18?/m1/s1. The number of rotatable bonds is 10. The third-order valence-electron chi connectivity index (χ3n) is 4.96. The highest BCUT2D eigenvalue weighted by atomic mass is 16.5. The second-order valence-corrected chi connectivity index (χ2v) is 7.55. The fourth-order valence-electron chi connectivity index (χ4n) is 2.80. The molecule has 29 heavy (non-hydrogen) atoms. The number of carboxylic acids is 1. The van der Waals surface area contributed by atoms with Gasteiger partial charge in [-0.3, -0.25) is 9.59 Å². The first-order chi connectivity index (χ1) is 13.7. The second-order valence-electron chi connectivity index (χ2n) is 7.55. The van der Waals surface area contributed by atoms with E-state index in [0.29, 0.717) is 0 Å². The van der Waals surface area contributed by atoms with Gasteiger partial charge in [0.05, 0.1) is 0 Å². The Morgan fingerprint density at radius 2 is 1.90 bits per heavy atom. The molecule has 0 radical (unpaired) electrons. The molecule has 5 N–H and O–H groups in total. The van der Waals surface area contributed by atoms with Gasteiger partial charge >= 0.3 is 11.9 Å². The van der Waals surface area contributed by atoms with Gasteiger partial charge in [0.25, 0.3) is 0 Å². The number of aliphatic carboxylic acids is 1. The second kappa shape index (κ2) is 10.1. The van der Waals surface area contributed by atoms with Gasteiger partial charge in [-0.15, -0.1) is 0 Å². The van der Waals surface area contributed by atoms with Crippen LogP contribution in [-0.2, 0) is 25.5 Å². The van der Waals surface area contributed by atoms with E-state index in [0.717, 1.165) is 16.5 Å². The molecular weight excluding hydrogens is 374 g/mol. The van der Waals surface area contributed by atoms with Crippen LogP contribution in [0.5, 0.6) is 0 Å². The number of hydrogen-bond acceptors (Lipinski definition) is 5. The summed E-state index contributed by atoms with van der Waals surface area (Å²) in [7, 11) is 0. The molecule has 2 unspecified atom stereocenters. The largest absolute Gasteiger partial charge is 0.480 e. The molecule has 8 heteroatoms. The molecule has 158 valence electrons. The summed E-state index contributed by atoms with van der Waals surface area (Å²) in [5.74, 6) is -2.00. The van der Waals surface area contributed by atoms with Crippen molar-refractivity contribution in [1.82, 2.24) is 10.3 Å². The number of hydrogen-bond donors (Lipinski definition) is 4. The molecule has 0 saturated heterocycles. The number of nitrogens with one attached hydrogen (secondary N) is 2. The predicted molar refractivity (Wildman–Crippen MR) is 109 cm³/mol. The van der Waals surface area contributed by atoms with Crippen molar-refractivity contribution in [1.29, 1.82) is 0 Å². The molecule has 8 nitrogen and oxygen atoms in total. The highest BCUT2D eigenvalue weighted by Gasteiger charge is 2.24. The van der Waals surface area contributed by atoms with Crippen LogP contribution in [0.3, 0.4) is 0 Å². The number of fused-ring (bicyclic) bond motifs is 1. The number of carboxylic acid groups (broad SMARTS) is 1. The molecule has 0 aliphatic heterocycles. The van der Waals surface area contributed by atoms with Crippen LogP contribution < -0.4 is 11.1 Å². The Bertz CT molecular complexity index is 861. The van der Waals surface area contributed by atoms with Crippen molar-refractivity contribution >= 4 is 28.7 Å². The maximum Gasteiger partial charge on any atom is 0.326 e. The van der Waals surface area contributed by atoms with Gasteiger partial charge in [0.15, 0.2) is 0 Å². The molecule has 1 heterocycles. The number of nitrogens with two attached hydrogens (primary N) is 1. The number of esters is 1. The molecule has 2 rings (SSSR count). The normalized spacial score (nSPS) is 14.4. The molecular formula is C21H29N3O5. The number of ether oxygens (including phenoxy) is 1. The number of carbonyl (C=O) groups excluding carboxylic acids is 2. The van der Waals surface area contributed by atoms with Crippen molar-refractivity contribution in [2.24, 2.45) is 11.7 Å². The zero-order valence-electron chi connectivity index (χ0n) is 17.0. The molecule has 1 aromatic heterocycles. The maximum atomic E-state index is 12.2. The summed E-state index contributed by atoms with van der Waals surface area (Å²) in [6, 6.07) is 5.53. The summed E-state index contributed by atoms with van der Waals surface area (Å²) < 4.78 is 5.24. The van der Waals surface area contributed by atoms with E-state index < -0.39 is 29.9 Å². The average molecular weight is 403 g/mol. The molecule has 0 fully saturated rings. The number of benzene rings is 1. The highest BCUT2D eigenvalue weighted by molar-refractivity contribution is 5.87. The van der Waals surface area contributed by atoms with E-state index in [1.54, 1.807) is 13.1 Å². The Morgan fingerprint density at radius 1 is 1.21 bits per heavy atom. The summed E-state index contributed by atoms with van der Waals surface area (Å²) >= 11 is 0. The first-order valence-electron chi connectivity index (χ1n) is 9.72. The molecule has 0 saturated carbocycles. The van der Waals surface area contributed by atoms with Crippen LogP contribution in [0, 0.1) is 5.92 Å². The monoisotopic (exact) mass is 403 g/mol. The third kappa shape index (κ3) is 6.32. The minimum atomic E-state index is -1.13. The average Bonchev–Trinajstić information content (AvgIpc) is 3.08. The SMILES string of the molecule is CC(C)C(C)OC(=O)[C@H](N)CCC(=O)NC(Cc1c[nH]c2ccccc12)C(=O)O. The van der Waals surface area contributed by atoms with Crippen molar-refractivity contribution < 1.29 is 24.2 Å². The molecule has 3 atom stereocenters. The first kappa shape index (κ1) is 22.4. The lowest BCUT2D eigenvalue weighted by molar-refractivity contribution is -0.152. The topological polar surface area (TPSA) is 135 Å². The number of para-hydroxylation sites is 1. The first-order valence-corrected chi connectivity index (χ1v) is 9.72. The van der Waals surface area contributed by atoms with Gasteiger partial charge in [-0.05, 0) is 30.9 Å². The lowest BCUT2D eigenvalue weighted by Gasteiger charge is -2.19. The van der Waals surface area contributed by atoms with Gasteiger partial charge in [-0.1, -0.05) is 32.0 Å². The molecule has 0 aliphatic rings. The lowest BCUT2D eigenvalue weighted by atomic mass is 10.0. The van der Waals surface area contributed by atoms with E-state index in [9.17, 15) is 19.5 Å². The molecule has 1 amide bonds. The van der Waals surface area contributed by atoms with Crippen molar-refractivity contribution in [3.63, 3.8) is 0 Å². The van der Waals surface area contributed by atoms with Crippen LogP contribution in [0.4, 0.5) is 0 Å². The molecule has 0 aliphatic carbocycles. The molecule has 2 aromatic rings. The highest BCUT2D eigenvalue weighted by Crippen LogP contribution is 2.19. The van der Waals surface area contributed by atoms with E-state index >= 15 is 0 Å². The minimum absolute atomic E-state index is 0.0655. The van der Waals surface area contributed by atoms with Crippen LogP contribution >= 0.6 is 0 Å². The van der Waals surface area contributed by atoms with E-state index in [-0.39, 0.29) is 31.3 Å². The Kier molecular flexibility index (Phi) is 7.78. The summed E-state index contributed by atoms with van der Waals surface area (Å²) in [5, 5.41) is 12.9. The van der Waals surface area contributed by atoms with Crippen LogP contribution in [0.2, 0.25) is 0 Å². The van der Waals surface area contributed by atoms with Crippen molar-refractivity contribution in [2.45, 2.75) is 58.2 Å². The van der Waals surface area contributed by atoms with Crippen LogP contribution in [0.15, 0.2) is 30.5 Å². The Hall–Kier alpha value is -2.87. The van der Waals surface area contributed by atoms with Gasteiger partial charge in [0, 0.05) is 29.9 Å². The molecule has 0 spiro atoms. The van der Waals surface area contributed by atoms with E-state index in [1.165, 1.54) is 0 Å². The maximum absolute atomic E-state index is 12.2. The van der Waals surface area contributed by atoms with Crippen molar-refractivity contribution in [3.8, 4) is 0 Å². The number of carbonyl (C=O) groups is 3. The summed E-state index contributed by atoms with van der Waals surface area (Å²) in [5.41, 5.74) is 7.50. The fourth-order valence-corrected chi connectivity index (χ4v) is 2.80. The van der Waals surface area contributed by atoms with Gasteiger partial charge in [-0.2, -0.15) is 0 Å². The van der Waals surface area contributed by atoms with E-state index in [1.807, 2.05) is 38.1 Å². The zero-order chi connectivity index (χ0) is 21.6.